The first-order valence-electron chi connectivity index (χ1n) is 5.54. The standard InChI is InChI=1S/C12H18N4OS/c1-15(2)10(17)8-16(3)7-9-5-4-6-14-11(9)12(13)18/h4-6H,7-8H2,1-3H3,(H2,13,18). The predicted molar refractivity (Wildman–Crippen MR) is 75.2 cm³/mol. The van der Waals surface area contributed by atoms with E-state index >= 15 is 0 Å². The van der Waals surface area contributed by atoms with Crippen LogP contribution >= 0.6 is 12.2 Å². The molecular weight excluding hydrogens is 248 g/mol. The third-order valence-corrected chi connectivity index (χ3v) is 2.66. The molecule has 0 bridgehead atoms. The molecule has 18 heavy (non-hydrogen) atoms. The molecule has 1 heterocycles. The van der Waals surface area contributed by atoms with E-state index in [0.717, 1.165) is 5.56 Å². The van der Waals surface area contributed by atoms with Crippen LogP contribution in [-0.4, -0.2) is 53.4 Å². The van der Waals surface area contributed by atoms with Crippen LogP contribution in [0.4, 0.5) is 0 Å². The minimum absolute atomic E-state index is 0.0539. The molecule has 1 aromatic rings. The second kappa shape index (κ2) is 6.42. The van der Waals surface area contributed by atoms with E-state index in [0.29, 0.717) is 18.8 Å². The summed E-state index contributed by atoms with van der Waals surface area (Å²) in [5.41, 5.74) is 7.17. The van der Waals surface area contributed by atoms with Crippen LogP contribution in [0, 0.1) is 0 Å². The summed E-state index contributed by atoms with van der Waals surface area (Å²) in [5.74, 6) is 0.0539. The van der Waals surface area contributed by atoms with Gasteiger partial charge in [-0.1, -0.05) is 18.3 Å². The molecule has 2 N–H and O–H groups in total. The molecule has 0 aromatic carbocycles. The maximum absolute atomic E-state index is 11.6. The van der Waals surface area contributed by atoms with E-state index in [9.17, 15) is 4.79 Å². The van der Waals surface area contributed by atoms with Gasteiger partial charge in [0, 0.05) is 26.8 Å². The average molecular weight is 266 g/mol. The molecule has 0 saturated heterocycles. The van der Waals surface area contributed by atoms with E-state index in [-0.39, 0.29) is 10.9 Å². The summed E-state index contributed by atoms with van der Waals surface area (Å²) >= 11 is 4.95. The van der Waals surface area contributed by atoms with Crippen molar-refractivity contribution in [2.45, 2.75) is 6.54 Å². The maximum atomic E-state index is 11.6. The number of amides is 1. The molecule has 6 heteroatoms. The Hall–Kier alpha value is -1.53. The zero-order chi connectivity index (χ0) is 13.7. The molecule has 0 spiro atoms. The third kappa shape index (κ3) is 4.05. The molecule has 1 aromatic heterocycles. The van der Waals surface area contributed by atoms with Crippen LogP contribution in [0.2, 0.25) is 0 Å². The van der Waals surface area contributed by atoms with Crippen LogP contribution in [-0.2, 0) is 11.3 Å². The molecule has 1 amide bonds. The van der Waals surface area contributed by atoms with Crippen LogP contribution in [0.15, 0.2) is 18.3 Å². The van der Waals surface area contributed by atoms with Gasteiger partial charge in [-0.3, -0.25) is 14.7 Å². The van der Waals surface area contributed by atoms with Crippen LogP contribution < -0.4 is 5.73 Å². The minimum Gasteiger partial charge on any atom is -0.388 e. The summed E-state index contributed by atoms with van der Waals surface area (Å²) in [6, 6.07) is 3.75. The highest BCUT2D eigenvalue weighted by atomic mass is 32.1. The van der Waals surface area contributed by atoms with Gasteiger partial charge in [0.25, 0.3) is 0 Å². The molecule has 5 nitrogen and oxygen atoms in total. The zero-order valence-corrected chi connectivity index (χ0v) is 11.7. The van der Waals surface area contributed by atoms with Gasteiger partial charge < -0.3 is 10.6 Å². The fraction of sp³-hybridized carbons (Fsp3) is 0.417. The Kier molecular flexibility index (Phi) is 5.18. The number of pyridine rings is 1. The summed E-state index contributed by atoms with van der Waals surface area (Å²) in [4.78, 5) is 19.5. The lowest BCUT2D eigenvalue weighted by molar-refractivity contribution is -0.129. The van der Waals surface area contributed by atoms with Crippen LogP contribution in [0.1, 0.15) is 11.3 Å². The zero-order valence-electron chi connectivity index (χ0n) is 10.9. The van der Waals surface area contributed by atoms with Gasteiger partial charge >= 0.3 is 0 Å². The summed E-state index contributed by atoms with van der Waals surface area (Å²) in [6.45, 7) is 0.929. The fourth-order valence-electron chi connectivity index (χ4n) is 1.51. The number of likely N-dealkylation sites (N-methyl/N-ethyl adjacent to an activating group) is 2. The lowest BCUT2D eigenvalue weighted by atomic mass is 10.2. The number of nitrogens with two attached hydrogens (primary N) is 1. The quantitative estimate of drug-likeness (QED) is 0.773. The van der Waals surface area contributed by atoms with Gasteiger partial charge in [0.05, 0.1) is 6.54 Å². The van der Waals surface area contributed by atoms with Crippen molar-refractivity contribution >= 4 is 23.1 Å². The first-order chi connectivity index (χ1) is 8.41. The number of rotatable bonds is 5. The van der Waals surface area contributed by atoms with Crippen molar-refractivity contribution in [2.24, 2.45) is 5.73 Å². The highest BCUT2D eigenvalue weighted by molar-refractivity contribution is 7.80. The van der Waals surface area contributed by atoms with Gasteiger partial charge in [-0.2, -0.15) is 0 Å². The monoisotopic (exact) mass is 266 g/mol. The van der Waals surface area contributed by atoms with Crippen molar-refractivity contribution in [3.63, 3.8) is 0 Å². The highest BCUT2D eigenvalue weighted by Gasteiger charge is 2.12. The molecule has 98 valence electrons. The first-order valence-corrected chi connectivity index (χ1v) is 5.95. The molecule has 0 saturated carbocycles. The highest BCUT2D eigenvalue weighted by Crippen LogP contribution is 2.08. The molecule has 0 radical (unpaired) electrons. The Labute approximate surface area is 113 Å². The third-order valence-electron chi connectivity index (χ3n) is 2.47. The van der Waals surface area contributed by atoms with E-state index in [1.807, 2.05) is 24.1 Å². The fourth-order valence-corrected chi connectivity index (χ4v) is 1.69. The van der Waals surface area contributed by atoms with Gasteiger partial charge in [0.1, 0.15) is 10.7 Å². The van der Waals surface area contributed by atoms with E-state index in [1.165, 1.54) is 0 Å². The lowest BCUT2D eigenvalue weighted by Crippen LogP contribution is -2.34. The summed E-state index contributed by atoms with van der Waals surface area (Å²) < 4.78 is 0. The van der Waals surface area contributed by atoms with Crippen molar-refractivity contribution in [1.29, 1.82) is 0 Å². The molecule has 0 unspecified atom stereocenters. The topological polar surface area (TPSA) is 62.5 Å². The van der Waals surface area contributed by atoms with Gasteiger partial charge in [0.2, 0.25) is 5.91 Å². The Balaban J connectivity index is 2.73. The predicted octanol–water partition coefficient (Wildman–Crippen LogP) is 0.236. The molecule has 0 aliphatic carbocycles. The first kappa shape index (κ1) is 14.5. The van der Waals surface area contributed by atoms with Crippen molar-refractivity contribution in [3.05, 3.63) is 29.6 Å². The van der Waals surface area contributed by atoms with Gasteiger partial charge in [-0.25, -0.2) is 0 Å². The van der Waals surface area contributed by atoms with Gasteiger partial charge in [0.15, 0.2) is 0 Å². The van der Waals surface area contributed by atoms with E-state index in [4.69, 9.17) is 18.0 Å². The van der Waals surface area contributed by atoms with E-state index in [2.05, 4.69) is 4.98 Å². The molecular formula is C12H18N4OS. The van der Waals surface area contributed by atoms with Crippen molar-refractivity contribution in [1.82, 2.24) is 14.8 Å². The Morgan fingerprint density at radius 3 is 2.67 bits per heavy atom. The molecule has 0 aliphatic rings. The van der Waals surface area contributed by atoms with Crippen LogP contribution in [0.25, 0.3) is 0 Å². The van der Waals surface area contributed by atoms with Crippen LogP contribution in [0.3, 0.4) is 0 Å². The number of carbonyl (C=O) groups excluding carboxylic acids is 1. The second-order valence-corrected chi connectivity index (χ2v) is 4.78. The Morgan fingerprint density at radius 2 is 2.11 bits per heavy atom. The summed E-state index contributed by atoms with van der Waals surface area (Å²) in [7, 11) is 5.35. The number of nitrogens with zero attached hydrogens (tertiary/aromatic N) is 3. The molecule has 0 aliphatic heterocycles. The largest absolute Gasteiger partial charge is 0.388 e. The van der Waals surface area contributed by atoms with Crippen LogP contribution in [0.5, 0.6) is 0 Å². The maximum Gasteiger partial charge on any atom is 0.236 e. The SMILES string of the molecule is CN(CC(=O)N(C)C)Cc1cccnc1C(N)=S. The van der Waals surface area contributed by atoms with E-state index < -0.39 is 0 Å². The van der Waals surface area contributed by atoms with Gasteiger partial charge in [-0.05, 0) is 18.7 Å². The summed E-state index contributed by atoms with van der Waals surface area (Å²) in [6.07, 6.45) is 1.66. The van der Waals surface area contributed by atoms with Crippen molar-refractivity contribution in [3.8, 4) is 0 Å². The number of aromatic nitrogens is 1. The Bertz CT molecular complexity index is 447. The smallest absolute Gasteiger partial charge is 0.236 e. The molecule has 0 atom stereocenters. The number of hydrogen-bond acceptors (Lipinski definition) is 4. The average Bonchev–Trinajstić information content (AvgIpc) is 2.28. The Morgan fingerprint density at radius 1 is 1.44 bits per heavy atom. The van der Waals surface area contributed by atoms with Crippen molar-refractivity contribution < 1.29 is 4.79 Å². The molecule has 1 rings (SSSR count). The molecule has 0 fully saturated rings. The number of carbonyl (C=O) groups is 1. The van der Waals surface area contributed by atoms with Gasteiger partial charge in [-0.15, -0.1) is 0 Å². The lowest BCUT2D eigenvalue weighted by Gasteiger charge is -2.19. The van der Waals surface area contributed by atoms with Crippen molar-refractivity contribution in [2.75, 3.05) is 27.7 Å². The second-order valence-electron chi connectivity index (χ2n) is 4.34. The minimum atomic E-state index is 0.0539. The summed E-state index contributed by atoms with van der Waals surface area (Å²) in [5, 5.41) is 0. The number of hydrogen-bond donors (Lipinski definition) is 1. The number of thiocarbonyl (C=S) groups is 1. The normalized spacial score (nSPS) is 10.4. The van der Waals surface area contributed by atoms with E-state index in [1.54, 1.807) is 25.2 Å².